The van der Waals surface area contributed by atoms with E-state index < -0.39 is 0 Å². The lowest BCUT2D eigenvalue weighted by Gasteiger charge is -2.03. The molecule has 0 atom stereocenters. The molecule has 0 unspecified atom stereocenters. The Balaban J connectivity index is 2.28. The number of benzene rings is 1. The predicted molar refractivity (Wildman–Crippen MR) is 61.6 cm³/mol. The zero-order chi connectivity index (χ0) is 10.7. The molecule has 0 aliphatic carbocycles. The number of thiazole rings is 1. The zero-order valence-corrected chi connectivity index (χ0v) is 9.14. The van der Waals surface area contributed by atoms with Crippen molar-refractivity contribution in [3.8, 4) is 6.07 Å². The van der Waals surface area contributed by atoms with E-state index in [0.717, 1.165) is 5.69 Å². The second-order valence-electron chi connectivity index (χ2n) is 2.76. The van der Waals surface area contributed by atoms with Gasteiger partial charge in [0.25, 0.3) is 0 Å². The van der Waals surface area contributed by atoms with Gasteiger partial charge in [0.2, 0.25) is 0 Å². The molecule has 2 rings (SSSR count). The Morgan fingerprint density at radius 1 is 1.40 bits per heavy atom. The number of nitrogens with zero attached hydrogens (tertiary/aromatic N) is 2. The van der Waals surface area contributed by atoms with Crippen molar-refractivity contribution in [2.24, 2.45) is 0 Å². The third-order valence-electron chi connectivity index (χ3n) is 1.77. The first-order valence-corrected chi connectivity index (χ1v) is 5.42. The van der Waals surface area contributed by atoms with E-state index >= 15 is 0 Å². The van der Waals surface area contributed by atoms with Crippen LogP contribution < -0.4 is 5.32 Å². The van der Waals surface area contributed by atoms with Crippen LogP contribution in [0.15, 0.2) is 29.6 Å². The Bertz CT molecular complexity index is 515. The van der Waals surface area contributed by atoms with Gasteiger partial charge in [-0.25, -0.2) is 4.98 Å². The Kier molecular flexibility index (Phi) is 2.86. The molecule has 0 aliphatic heterocycles. The van der Waals surface area contributed by atoms with Crippen molar-refractivity contribution < 1.29 is 0 Å². The van der Waals surface area contributed by atoms with Crippen LogP contribution in [0.2, 0.25) is 5.15 Å². The van der Waals surface area contributed by atoms with Gasteiger partial charge in [0.15, 0.2) is 5.13 Å². The first kappa shape index (κ1) is 9.97. The highest BCUT2D eigenvalue weighted by Crippen LogP contribution is 2.24. The first-order chi connectivity index (χ1) is 7.29. The Morgan fingerprint density at radius 2 is 2.20 bits per heavy atom. The van der Waals surface area contributed by atoms with Gasteiger partial charge < -0.3 is 5.32 Å². The van der Waals surface area contributed by atoms with Gasteiger partial charge in [-0.2, -0.15) is 5.26 Å². The van der Waals surface area contributed by atoms with E-state index in [1.807, 2.05) is 18.2 Å². The number of anilines is 2. The summed E-state index contributed by atoms with van der Waals surface area (Å²) < 4.78 is 0. The molecule has 1 N–H and O–H groups in total. The Labute approximate surface area is 96.0 Å². The van der Waals surface area contributed by atoms with Crippen molar-refractivity contribution in [1.82, 2.24) is 4.98 Å². The number of nitrogens with one attached hydrogen (secondary N) is 1. The minimum atomic E-state index is 0.455. The fourth-order valence-electron chi connectivity index (χ4n) is 1.12. The summed E-state index contributed by atoms with van der Waals surface area (Å²) in [5.74, 6) is 0. The number of hydrogen-bond donors (Lipinski definition) is 1. The van der Waals surface area contributed by atoms with E-state index in [9.17, 15) is 0 Å². The topological polar surface area (TPSA) is 48.7 Å². The molecule has 0 bridgehead atoms. The maximum atomic E-state index is 8.87. The molecule has 0 radical (unpaired) electrons. The lowest BCUT2D eigenvalue weighted by Crippen LogP contribution is -1.92. The lowest BCUT2D eigenvalue weighted by atomic mass is 10.2. The minimum Gasteiger partial charge on any atom is -0.330 e. The van der Waals surface area contributed by atoms with Crippen LogP contribution in [0.4, 0.5) is 10.8 Å². The number of aromatic nitrogens is 1. The van der Waals surface area contributed by atoms with Crippen LogP contribution >= 0.6 is 22.9 Å². The first-order valence-electron chi connectivity index (χ1n) is 4.17. The zero-order valence-electron chi connectivity index (χ0n) is 7.57. The SMILES string of the molecule is N#Cc1ccccc1Nc1nc(Cl)cs1. The summed E-state index contributed by atoms with van der Waals surface area (Å²) in [6.45, 7) is 0. The molecular weight excluding hydrogens is 230 g/mol. The van der Waals surface area contributed by atoms with Crippen molar-refractivity contribution in [1.29, 1.82) is 5.26 Å². The van der Waals surface area contributed by atoms with Crippen molar-refractivity contribution in [3.63, 3.8) is 0 Å². The largest absolute Gasteiger partial charge is 0.330 e. The van der Waals surface area contributed by atoms with Crippen molar-refractivity contribution >= 4 is 33.8 Å². The summed E-state index contributed by atoms with van der Waals surface area (Å²) in [5, 5.41) is 14.8. The maximum Gasteiger partial charge on any atom is 0.188 e. The van der Waals surface area contributed by atoms with E-state index in [0.29, 0.717) is 15.8 Å². The summed E-state index contributed by atoms with van der Waals surface area (Å²) in [4.78, 5) is 4.04. The van der Waals surface area contributed by atoms with Crippen LogP contribution in [0.25, 0.3) is 0 Å². The van der Waals surface area contributed by atoms with Gasteiger partial charge in [-0.1, -0.05) is 23.7 Å². The van der Waals surface area contributed by atoms with Crippen LogP contribution in [-0.2, 0) is 0 Å². The summed E-state index contributed by atoms with van der Waals surface area (Å²) in [5.41, 5.74) is 1.33. The van der Waals surface area contributed by atoms with E-state index in [2.05, 4.69) is 16.4 Å². The monoisotopic (exact) mass is 235 g/mol. The molecule has 0 aliphatic rings. The van der Waals surface area contributed by atoms with Crippen LogP contribution in [0.3, 0.4) is 0 Å². The summed E-state index contributed by atoms with van der Waals surface area (Å²) in [6, 6.07) is 9.36. The molecular formula is C10H6ClN3S. The van der Waals surface area contributed by atoms with Crippen LogP contribution in [-0.4, -0.2) is 4.98 Å². The average molecular weight is 236 g/mol. The van der Waals surface area contributed by atoms with Gasteiger partial charge in [0.1, 0.15) is 11.2 Å². The molecule has 0 saturated heterocycles. The number of nitriles is 1. The van der Waals surface area contributed by atoms with Gasteiger partial charge in [0.05, 0.1) is 11.3 Å². The Morgan fingerprint density at radius 3 is 2.87 bits per heavy atom. The molecule has 0 spiro atoms. The lowest BCUT2D eigenvalue weighted by molar-refractivity contribution is 1.38. The van der Waals surface area contributed by atoms with Crippen LogP contribution in [0.1, 0.15) is 5.56 Å². The molecule has 2 aromatic rings. The summed E-state index contributed by atoms with van der Waals surface area (Å²) in [6.07, 6.45) is 0. The van der Waals surface area contributed by atoms with E-state index in [-0.39, 0.29) is 0 Å². The number of hydrogen-bond acceptors (Lipinski definition) is 4. The van der Waals surface area contributed by atoms with Gasteiger partial charge >= 0.3 is 0 Å². The smallest absolute Gasteiger partial charge is 0.188 e. The van der Waals surface area contributed by atoms with Gasteiger partial charge in [0, 0.05) is 5.38 Å². The molecule has 5 heteroatoms. The number of halogens is 1. The third kappa shape index (κ3) is 2.27. The van der Waals surface area contributed by atoms with Crippen molar-refractivity contribution in [2.75, 3.05) is 5.32 Å². The number of para-hydroxylation sites is 1. The fraction of sp³-hybridized carbons (Fsp3) is 0. The highest BCUT2D eigenvalue weighted by Gasteiger charge is 2.03. The normalized spacial score (nSPS) is 9.60. The third-order valence-corrected chi connectivity index (χ3v) is 2.85. The fourth-order valence-corrected chi connectivity index (χ4v) is 1.97. The molecule has 74 valence electrons. The number of rotatable bonds is 2. The predicted octanol–water partition coefficient (Wildman–Crippen LogP) is 3.41. The van der Waals surface area contributed by atoms with Crippen molar-refractivity contribution in [3.05, 3.63) is 40.4 Å². The standard InChI is InChI=1S/C10H6ClN3S/c11-9-6-15-10(14-9)13-8-4-2-1-3-7(8)5-12/h1-4,6H,(H,13,14). The van der Waals surface area contributed by atoms with Crippen molar-refractivity contribution in [2.45, 2.75) is 0 Å². The molecule has 1 aromatic carbocycles. The van der Waals surface area contributed by atoms with Gasteiger partial charge in [-0.15, -0.1) is 11.3 Å². The van der Waals surface area contributed by atoms with E-state index in [1.54, 1.807) is 11.4 Å². The molecule has 0 saturated carbocycles. The van der Waals surface area contributed by atoms with Gasteiger partial charge in [-0.3, -0.25) is 0 Å². The Hall–Kier alpha value is -1.57. The summed E-state index contributed by atoms with van der Waals surface area (Å²) in [7, 11) is 0. The second-order valence-corrected chi connectivity index (χ2v) is 4.00. The highest BCUT2D eigenvalue weighted by molar-refractivity contribution is 7.14. The second kappa shape index (κ2) is 4.30. The van der Waals surface area contributed by atoms with Gasteiger partial charge in [-0.05, 0) is 12.1 Å². The molecule has 3 nitrogen and oxygen atoms in total. The highest BCUT2D eigenvalue weighted by atomic mass is 35.5. The van der Waals surface area contributed by atoms with E-state index in [1.165, 1.54) is 11.3 Å². The molecule has 1 heterocycles. The van der Waals surface area contributed by atoms with E-state index in [4.69, 9.17) is 16.9 Å². The quantitative estimate of drug-likeness (QED) is 0.868. The molecule has 0 fully saturated rings. The minimum absolute atomic E-state index is 0.455. The molecule has 15 heavy (non-hydrogen) atoms. The maximum absolute atomic E-state index is 8.87. The molecule has 1 aromatic heterocycles. The van der Waals surface area contributed by atoms with Crippen LogP contribution in [0, 0.1) is 11.3 Å². The summed E-state index contributed by atoms with van der Waals surface area (Å²) >= 11 is 7.09. The van der Waals surface area contributed by atoms with Crippen LogP contribution in [0.5, 0.6) is 0 Å². The molecule has 0 amide bonds. The average Bonchev–Trinajstić information content (AvgIpc) is 2.65.